The number of rotatable bonds is 7. The number of hydrogen-bond acceptors (Lipinski definition) is 8. The zero-order valence-corrected chi connectivity index (χ0v) is 19.0. The van der Waals surface area contributed by atoms with Crippen LogP contribution < -0.4 is 10.7 Å². The van der Waals surface area contributed by atoms with Crippen molar-refractivity contribution in [3.63, 3.8) is 0 Å². The topological polar surface area (TPSA) is 126 Å². The Morgan fingerprint density at radius 1 is 1.24 bits per heavy atom. The van der Waals surface area contributed by atoms with Gasteiger partial charge in [0.2, 0.25) is 5.91 Å². The lowest BCUT2D eigenvalue weighted by molar-refractivity contribution is -0.130. The van der Waals surface area contributed by atoms with E-state index < -0.39 is 11.8 Å². The molecule has 0 saturated carbocycles. The molecule has 34 heavy (non-hydrogen) atoms. The standard InChI is InChI=1S/C23H19N5O5S/c1-14(29)24-19-11-17(13-34-19)20(27-32-2)22(30)26-28-21(16-6-4-3-5-7-16)25-18(23(28)31)10-15-8-9-33-12-15/h3-13H,1-2H3,(H,24,29)(H,26,30). The Hall–Kier alpha value is -4.51. The molecule has 0 unspecified atom stereocenters. The van der Waals surface area contributed by atoms with Crippen molar-refractivity contribution in [2.75, 3.05) is 12.4 Å². The summed E-state index contributed by atoms with van der Waals surface area (Å²) in [6.45, 7) is 1.38. The predicted octanol–water partition coefficient (Wildman–Crippen LogP) is 3.01. The van der Waals surface area contributed by atoms with Crippen molar-refractivity contribution in [2.24, 2.45) is 10.1 Å². The van der Waals surface area contributed by atoms with Gasteiger partial charge in [-0.3, -0.25) is 19.8 Å². The van der Waals surface area contributed by atoms with Gasteiger partial charge in [-0.25, -0.2) is 4.99 Å². The van der Waals surface area contributed by atoms with E-state index in [9.17, 15) is 14.4 Å². The van der Waals surface area contributed by atoms with Gasteiger partial charge in [0.15, 0.2) is 11.5 Å². The number of thiophene rings is 1. The summed E-state index contributed by atoms with van der Waals surface area (Å²) in [5.74, 6) is -1.23. The zero-order valence-electron chi connectivity index (χ0n) is 18.1. The predicted molar refractivity (Wildman–Crippen MR) is 127 cm³/mol. The first-order valence-electron chi connectivity index (χ1n) is 9.97. The molecule has 1 aromatic carbocycles. The molecule has 10 nitrogen and oxygen atoms in total. The monoisotopic (exact) mass is 477 g/mol. The molecule has 0 aliphatic carbocycles. The van der Waals surface area contributed by atoms with Gasteiger partial charge in [-0.2, -0.15) is 5.01 Å². The van der Waals surface area contributed by atoms with Crippen LogP contribution >= 0.6 is 11.3 Å². The number of hydrazine groups is 1. The largest absolute Gasteiger partial charge is 0.472 e. The van der Waals surface area contributed by atoms with Crippen molar-refractivity contribution < 1.29 is 23.6 Å². The Morgan fingerprint density at radius 2 is 2.03 bits per heavy atom. The second-order valence-electron chi connectivity index (χ2n) is 6.97. The summed E-state index contributed by atoms with van der Waals surface area (Å²) in [4.78, 5) is 47.0. The minimum Gasteiger partial charge on any atom is -0.472 e. The van der Waals surface area contributed by atoms with Crippen molar-refractivity contribution in [1.29, 1.82) is 0 Å². The maximum Gasteiger partial charge on any atom is 0.297 e. The summed E-state index contributed by atoms with van der Waals surface area (Å²) in [5.41, 5.74) is 4.30. The Kier molecular flexibility index (Phi) is 6.64. The number of oxime groups is 1. The molecule has 1 aliphatic heterocycles. The Labute approximate surface area is 198 Å². The number of nitrogens with one attached hydrogen (secondary N) is 2. The molecule has 2 N–H and O–H groups in total. The van der Waals surface area contributed by atoms with E-state index in [0.29, 0.717) is 21.7 Å². The normalized spacial score (nSPS) is 14.8. The van der Waals surface area contributed by atoms with Gasteiger partial charge >= 0.3 is 0 Å². The molecule has 3 amide bonds. The Balaban J connectivity index is 1.64. The van der Waals surface area contributed by atoms with Crippen LogP contribution in [0.15, 0.2) is 80.6 Å². The highest BCUT2D eigenvalue weighted by Gasteiger charge is 2.34. The van der Waals surface area contributed by atoms with Gasteiger partial charge < -0.3 is 14.6 Å². The van der Waals surface area contributed by atoms with Crippen LogP contribution in [0.4, 0.5) is 5.00 Å². The average Bonchev–Trinajstić information content (AvgIpc) is 3.56. The van der Waals surface area contributed by atoms with Crippen LogP contribution in [0, 0.1) is 0 Å². The zero-order chi connectivity index (χ0) is 24.1. The molecule has 3 aromatic rings. The fourth-order valence-electron chi connectivity index (χ4n) is 3.09. The van der Waals surface area contributed by atoms with E-state index in [0.717, 1.165) is 5.01 Å². The lowest BCUT2D eigenvalue weighted by Gasteiger charge is -2.19. The van der Waals surface area contributed by atoms with Gasteiger partial charge in [0.05, 0.1) is 17.5 Å². The summed E-state index contributed by atoms with van der Waals surface area (Å²) >= 11 is 1.22. The lowest BCUT2D eigenvalue weighted by Crippen LogP contribution is -2.49. The third-order valence-corrected chi connectivity index (χ3v) is 5.37. The van der Waals surface area contributed by atoms with Crippen LogP contribution in [0.2, 0.25) is 0 Å². The summed E-state index contributed by atoms with van der Waals surface area (Å²) < 4.78 is 5.05. The second-order valence-corrected chi connectivity index (χ2v) is 7.88. The maximum absolute atomic E-state index is 13.2. The van der Waals surface area contributed by atoms with Crippen LogP contribution in [0.3, 0.4) is 0 Å². The van der Waals surface area contributed by atoms with Crippen LogP contribution in [-0.4, -0.2) is 41.4 Å². The van der Waals surface area contributed by atoms with Crippen molar-refractivity contribution in [3.05, 3.63) is 82.8 Å². The highest BCUT2D eigenvalue weighted by Crippen LogP contribution is 2.23. The summed E-state index contributed by atoms with van der Waals surface area (Å²) in [6.07, 6.45) is 4.52. The number of aliphatic imine (C=N–C) groups is 1. The van der Waals surface area contributed by atoms with Crippen LogP contribution in [-0.2, 0) is 19.2 Å². The first-order valence-corrected chi connectivity index (χ1v) is 10.9. The number of furan rings is 1. The van der Waals surface area contributed by atoms with Gasteiger partial charge in [-0.15, -0.1) is 11.3 Å². The lowest BCUT2D eigenvalue weighted by atomic mass is 10.2. The molecule has 172 valence electrons. The Morgan fingerprint density at radius 3 is 2.71 bits per heavy atom. The molecule has 0 spiro atoms. The summed E-state index contributed by atoms with van der Waals surface area (Å²) in [6, 6.07) is 12.2. The summed E-state index contributed by atoms with van der Waals surface area (Å²) in [7, 11) is 1.30. The van der Waals surface area contributed by atoms with Gasteiger partial charge in [0.25, 0.3) is 11.8 Å². The fraction of sp³-hybridized carbons (Fsp3) is 0.0870. The van der Waals surface area contributed by atoms with E-state index in [2.05, 4.69) is 20.9 Å². The molecule has 1 aliphatic rings. The van der Waals surface area contributed by atoms with E-state index >= 15 is 0 Å². The van der Waals surface area contributed by atoms with Crippen LogP contribution in [0.5, 0.6) is 0 Å². The minimum absolute atomic E-state index is 0.0807. The van der Waals surface area contributed by atoms with E-state index in [-0.39, 0.29) is 23.2 Å². The minimum atomic E-state index is -0.699. The van der Waals surface area contributed by atoms with Gasteiger partial charge in [0.1, 0.15) is 12.8 Å². The molecule has 3 heterocycles. The SMILES string of the molecule is CON=C(C(=O)NN1C(=O)C(=Cc2ccoc2)N=C1c1ccccc1)c1csc(NC(C)=O)c1. The second kappa shape index (κ2) is 9.96. The maximum atomic E-state index is 13.2. The van der Waals surface area contributed by atoms with Crippen molar-refractivity contribution in [1.82, 2.24) is 10.4 Å². The highest BCUT2D eigenvalue weighted by atomic mass is 32.1. The van der Waals surface area contributed by atoms with Crippen molar-refractivity contribution >= 4 is 51.7 Å². The molecular weight excluding hydrogens is 458 g/mol. The van der Waals surface area contributed by atoms with Gasteiger partial charge in [0, 0.05) is 29.0 Å². The van der Waals surface area contributed by atoms with Crippen LogP contribution in [0.25, 0.3) is 6.08 Å². The van der Waals surface area contributed by atoms with Crippen LogP contribution in [0.1, 0.15) is 23.6 Å². The number of hydrogen-bond donors (Lipinski definition) is 2. The van der Waals surface area contributed by atoms with E-state index in [1.807, 2.05) is 6.07 Å². The molecule has 0 fully saturated rings. The Bertz CT molecular complexity index is 1310. The van der Waals surface area contributed by atoms with E-state index in [1.54, 1.807) is 47.9 Å². The molecule has 0 atom stereocenters. The molecule has 2 aromatic heterocycles. The number of anilines is 1. The number of amidine groups is 1. The number of nitrogens with zero attached hydrogens (tertiary/aromatic N) is 3. The molecular formula is C23H19N5O5S. The van der Waals surface area contributed by atoms with E-state index in [4.69, 9.17) is 9.25 Å². The number of carbonyl (C=O) groups is 3. The van der Waals surface area contributed by atoms with Crippen molar-refractivity contribution in [3.8, 4) is 0 Å². The fourth-order valence-corrected chi connectivity index (χ4v) is 3.92. The average molecular weight is 478 g/mol. The number of benzene rings is 1. The smallest absolute Gasteiger partial charge is 0.297 e. The molecule has 0 radical (unpaired) electrons. The molecule has 4 rings (SSSR count). The third-order valence-electron chi connectivity index (χ3n) is 4.52. The molecule has 11 heteroatoms. The van der Waals surface area contributed by atoms with Gasteiger partial charge in [-0.05, 0) is 18.2 Å². The highest BCUT2D eigenvalue weighted by molar-refractivity contribution is 7.14. The van der Waals surface area contributed by atoms with E-state index in [1.165, 1.54) is 37.9 Å². The molecule has 0 bridgehead atoms. The summed E-state index contributed by atoms with van der Waals surface area (Å²) in [5, 5.41) is 9.72. The first kappa shape index (κ1) is 22.7. The number of amides is 3. The van der Waals surface area contributed by atoms with Crippen molar-refractivity contribution in [2.45, 2.75) is 6.92 Å². The third kappa shape index (κ3) is 4.94. The number of carbonyl (C=O) groups excluding carboxylic acids is 3. The quantitative estimate of drug-likeness (QED) is 0.307. The molecule has 0 saturated heterocycles. The first-order chi connectivity index (χ1) is 16.5. The van der Waals surface area contributed by atoms with Gasteiger partial charge in [-0.1, -0.05) is 35.5 Å².